The molecule has 0 amide bonds. The van der Waals surface area contributed by atoms with E-state index in [9.17, 15) is 5.11 Å². The van der Waals surface area contributed by atoms with Crippen LogP contribution < -0.4 is 0 Å². The Morgan fingerprint density at radius 3 is 2.47 bits per heavy atom. The summed E-state index contributed by atoms with van der Waals surface area (Å²) in [4.78, 5) is 0. The Morgan fingerprint density at radius 2 is 1.84 bits per heavy atom. The first-order chi connectivity index (χ1) is 9.25. The van der Waals surface area contributed by atoms with E-state index in [1.807, 2.05) is 0 Å². The fourth-order valence-electron chi connectivity index (χ4n) is 3.16. The Labute approximate surface area is 118 Å². The topological polar surface area (TPSA) is 20.2 Å². The second-order valence-corrected chi connectivity index (χ2v) is 6.50. The summed E-state index contributed by atoms with van der Waals surface area (Å²) in [6.07, 6.45) is 4.86. The third-order valence-electron chi connectivity index (χ3n) is 4.30. The molecule has 0 atom stereocenters. The second kappa shape index (κ2) is 5.48. The molecule has 0 radical (unpaired) electrons. The summed E-state index contributed by atoms with van der Waals surface area (Å²) in [6.45, 7) is 0. The van der Waals surface area contributed by atoms with E-state index in [2.05, 4.69) is 47.2 Å². The molecule has 3 rings (SSSR count). The molecule has 2 heteroatoms. The van der Waals surface area contributed by atoms with Crippen molar-refractivity contribution in [1.29, 1.82) is 0 Å². The number of aliphatic hydroxyl groups is 1. The molecular formula is C17H20OS. The monoisotopic (exact) mass is 272 g/mol. The smallest absolute Gasteiger partial charge is 0.0688 e. The molecule has 1 nitrogen and oxygen atoms in total. The number of hydrogen-bond acceptors (Lipinski definition) is 2. The summed E-state index contributed by atoms with van der Waals surface area (Å²) in [7, 11) is 0. The van der Waals surface area contributed by atoms with Crippen LogP contribution >= 0.6 is 11.3 Å². The molecule has 100 valence electrons. The van der Waals surface area contributed by atoms with E-state index in [1.165, 1.54) is 11.1 Å². The van der Waals surface area contributed by atoms with Crippen molar-refractivity contribution in [2.45, 2.75) is 43.6 Å². The Morgan fingerprint density at radius 1 is 1.11 bits per heavy atom. The molecule has 0 aliphatic heterocycles. The lowest BCUT2D eigenvalue weighted by molar-refractivity contribution is -0.000374. The van der Waals surface area contributed by atoms with Crippen LogP contribution in [0.3, 0.4) is 0 Å². The van der Waals surface area contributed by atoms with Crippen molar-refractivity contribution in [1.82, 2.24) is 0 Å². The largest absolute Gasteiger partial charge is 0.390 e. The van der Waals surface area contributed by atoms with Gasteiger partial charge in [-0.1, -0.05) is 30.3 Å². The lowest BCUT2D eigenvalue weighted by atomic mass is 9.74. The molecule has 1 heterocycles. The third-order valence-corrected chi connectivity index (χ3v) is 5.03. The molecule has 0 unspecified atom stereocenters. The lowest BCUT2D eigenvalue weighted by Crippen LogP contribution is -2.35. The predicted molar refractivity (Wildman–Crippen MR) is 80.6 cm³/mol. The summed E-state index contributed by atoms with van der Waals surface area (Å²) < 4.78 is 0. The predicted octanol–water partition coefficient (Wildman–Crippen LogP) is 4.38. The van der Waals surface area contributed by atoms with Crippen LogP contribution in [0.1, 0.15) is 42.7 Å². The van der Waals surface area contributed by atoms with Crippen molar-refractivity contribution >= 4 is 11.3 Å². The van der Waals surface area contributed by atoms with Gasteiger partial charge in [0.15, 0.2) is 0 Å². The van der Waals surface area contributed by atoms with E-state index in [1.54, 1.807) is 11.3 Å². The molecule has 1 aliphatic rings. The standard InChI is InChI=1S/C17H20OS/c18-17(12-14-8-11-19-13-14)9-6-16(7-10-17)15-4-2-1-3-5-15/h1-5,8,11,13,16,18H,6-7,9-10,12H2. The SMILES string of the molecule is OC1(Cc2ccsc2)CCC(c2ccccc2)CC1. The van der Waals surface area contributed by atoms with E-state index in [0.29, 0.717) is 5.92 Å². The molecule has 1 fully saturated rings. The Kier molecular flexibility index (Phi) is 3.72. The maximum Gasteiger partial charge on any atom is 0.0688 e. The molecule has 1 N–H and O–H groups in total. The molecule has 0 spiro atoms. The molecule has 1 saturated carbocycles. The lowest BCUT2D eigenvalue weighted by Gasteiger charge is -2.36. The van der Waals surface area contributed by atoms with Gasteiger partial charge in [0.25, 0.3) is 0 Å². The van der Waals surface area contributed by atoms with Gasteiger partial charge in [-0.15, -0.1) is 0 Å². The van der Waals surface area contributed by atoms with Crippen LogP contribution in [0.4, 0.5) is 0 Å². The average molecular weight is 272 g/mol. The molecule has 0 saturated heterocycles. The van der Waals surface area contributed by atoms with Gasteiger partial charge in [0.05, 0.1) is 5.60 Å². The van der Waals surface area contributed by atoms with Gasteiger partial charge in [-0.05, 0) is 59.6 Å². The summed E-state index contributed by atoms with van der Waals surface area (Å²) in [5.41, 5.74) is 2.23. The van der Waals surface area contributed by atoms with Crippen molar-refractivity contribution < 1.29 is 5.11 Å². The van der Waals surface area contributed by atoms with E-state index < -0.39 is 5.60 Å². The molecule has 0 bridgehead atoms. The minimum absolute atomic E-state index is 0.480. The molecule has 2 aromatic rings. The minimum atomic E-state index is -0.480. The first-order valence-electron chi connectivity index (χ1n) is 7.04. The zero-order valence-electron chi connectivity index (χ0n) is 11.1. The van der Waals surface area contributed by atoms with Gasteiger partial charge in [0.2, 0.25) is 0 Å². The average Bonchev–Trinajstić information content (AvgIpc) is 2.93. The zero-order chi connectivity index (χ0) is 13.1. The second-order valence-electron chi connectivity index (χ2n) is 5.72. The number of hydrogen-bond donors (Lipinski definition) is 1. The number of rotatable bonds is 3. The molecule has 1 aliphatic carbocycles. The fourth-order valence-corrected chi connectivity index (χ4v) is 3.83. The van der Waals surface area contributed by atoms with Crippen LogP contribution in [0.25, 0.3) is 0 Å². The molecule has 1 aromatic carbocycles. The highest BCUT2D eigenvalue weighted by Crippen LogP contribution is 2.39. The van der Waals surface area contributed by atoms with E-state index in [-0.39, 0.29) is 0 Å². The highest BCUT2D eigenvalue weighted by molar-refractivity contribution is 7.07. The first kappa shape index (κ1) is 12.9. The number of benzene rings is 1. The van der Waals surface area contributed by atoms with Gasteiger partial charge >= 0.3 is 0 Å². The minimum Gasteiger partial charge on any atom is -0.390 e. The summed E-state index contributed by atoms with van der Waals surface area (Å²) in [5, 5.41) is 15.0. The van der Waals surface area contributed by atoms with Crippen molar-refractivity contribution in [3.63, 3.8) is 0 Å². The van der Waals surface area contributed by atoms with E-state index >= 15 is 0 Å². The maximum absolute atomic E-state index is 10.7. The van der Waals surface area contributed by atoms with Gasteiger partial charge in [0, 0.05) is 6.42 Å². The Hall–Kier alpha value is -1.12. The van der Waals surface area contributed by atoms with Crippen molar-refractivity contribution in [3.8, 4) is 0 Å². The maximum atomic E-state index is 10.7. The summed E-state index contributed by atoms with van der Waals surface area (Å²) in [6, 6.07) is 12.9. The van der Waals surface area contributed by atoms with Gasteiger partial charge in [-0.3, -0.25) is 0 Å². The third kappa shape index (κ3) is 3.07. The summed E-state index contributed by atoms with van der Waals surface area (Å²) in [5.74, 6) is 0.629. The molecule has 19 heavy (non-hydrogen) atoms. The van der Waals surface area contributed by atoms with Crippen molar-refractivity contribution in [2.75, 3.05) is 0 Å². The van der Waals surface area contributed by atoms with Crippen LogP contribution in [-0.4, -0.2) is 10.7 Å². The zero-order valence-corrected chi connectivity index (χ0v) is 11.9. The van der Waals surface area contributed by atoms with Crippen LogP contribution in [0.2, 0.25) is 0 Å². The van der Waals surface area contributed by atoms with Gasteiger partial charge in [-0.25, -0.2) is 0 Å². The Balaban J connectivity index is 1.62. The van der Waals surface area contributed by atoms with E-state index in [0.717, 1.165) is 32.1 Å². The van der Waals surface area contributed by atoms with Crippen LogP contribution in [0.5, 0.6) is 0 Å². The normalized spacial score (nSPS) is 27.3. The van der Waals surface area contributed by atoms with Crippen LogP contribution in [0.15, 0.2) is 47.2 Å². The fraction of sp³-hybridized carbons (Fsp3) is 0.412. The quantitative estimate of drug-likeness (QED) is 0.879. The van der Waals surface area contributed by atoms with Crippen LogP contribution in [0, 0.1) is 0 Å². The van der Waals surface area contributed by atoms with Gasteiger partial charge < -0.3 is 5.11 Å². The molecular weight excluding hydrogens is 252 g/mol. The van der Waals surface area contributed by atoms with Crippen LogP contribution in [-0.2, 0) is 6.42 Å². The first-order valence-corrected chi connectivity index (χ1v) is 7.98. The van der Waals surface area contributed by atoms with Gasteiger partial charge in [-0.2, -0.15) is 11.3 Å². The van der Waals surface area contributed by atoms with E-state index in [4.69, 9.17) is 0 Å². The number of thiophene rings is 1. The molecule has 1 aromatic heterocycles. The van der Waals surface area contributed by atoms with Gasteiger partial charge in [0.1, 0.15) is 0 Å². The summed E-state index contributed by atoms with van der Waals surface area (Å²) >= 11 is 1.71. The Bertz CT molecular complexity index is 495. The van der Waals surface area contributed by atoms with Crippen molar-refractivity contribution in [3.05, 3.63) is 58.3 Å². The highest BCUT2D eigenvalue weighted by Gasteiger charge is 2.33. The van der Waals surface area contributed by atoms with Crippen molar-refractivity contribution in [2.24, 2.45) is 0 Å². The highest BCUT2D eigenvalue weighted by atomic mass is 32.1.